The lowest BCUT2D eigenvalue weighted by Crippen LogP contribution is -2.19. The van der Waals surface area contributed by atoms with Crippen LogP contribution in [0.3, 0.4) is 0 Å². The summed E-state index contributed by atoms with van der Waals surface area (Å²) in [6, 6.07) is 15.8. The van der Waals surface area contributed by atoms with Crippen LogP contribution in [0.4, 0.5) is 0 Å². The summed E-state index contributed by atoms with van der Waals surface area (Å²) in [5, 5.41) is 3.95. The summed E-state index contributed by atoms with van der Waals surface area (Å²) >= 11 is 8.33. The number of rotatable bonds is 6. The highest BCUT2D eigenvalue weighted by molar-refractivity contribution is 9.10. The molecule has 0 saturated heterocycles. The number of halogens is 2. The van der Waals surface area contributed by atoms with Gasteiger partial charge in [-0.05, 0) is 35.4 Å². The molecule has 0 aromatic heterocycles. The van der Waals surface area contributed by atoms with Crippen molar-refractivity contribution in [3.8, 4) is 0 Å². The standard InChI is InChI=1S/C16H14Br2N2OS/c17-14-5-1-12(2-6-14)9-19-20-16(21)11-22-10-13-3-7-15(18)8-4-13/h1-9H,10-11H2,(H,20,21). The Morgan fingerprint density at radius 3 is 2.27 bits per heavy atom. The summed E-state index contributed by atoms with van der Waals surface area (Å²) in [5.74, 6) is 1.08. The summed E-state index contributed by atoms with van der Waals surface area (Å²) in [5.41, 5.74) is 4.66. The summed E-state index contributed by atoms with van der Waals surface area (Å²) in [7, 11) is 0. The Kier molecular flexibility index (Phi) is 7.15. The first kappa shape index (κ1) is 17.2. The summed E-state index contributed by atoms with van der Waals surface area (Å²) in [4.78, 5) is 11.7. The van der Waals surface area contributed by atoms with Crippen molar-refractivity contribution in [1.29, 1.82) is 0 Å². The Balaban J connectivity index is 1.69. The smallest absolute Gasteiger partial charge is 0.250 e. The van der Waals surface area contributed by atoms with Crippen molar-refractivity contribution in [2.45, 2.75) is 5.75 Å². The number of hydrazone groups is 1. The lowest BCUT2D eigenvalue weighted by molar-refractivity contribution is -0.118. The largest absolute Gasteiger partial charge is 0.272 e. The zero-order valence-electron chi connectivity index (χ0n) is 11.6. The fourth-order valence-corrected chi connectivity index (χ4v) is 2.91. The molecule has 0 saturated carbocycles. The minimum absolute atomic E-state index is 0.101. The lowest BCUT2D eigenvalue weighted by Gasteiger charge is -2.02. The van der Waals surface area contributed by atoms with Gasteiger partial charge in [-0.15, -0.1) is 11.8 Å². The summed E-state index contributed by atoms with van der Waals surface area (Å²) < 4.78 is 2.07. The first-order chi connectivity index (χ1) is 10.6. The fraction of sp³-hybridized carbons (Fsp3) is 0.125. The second-order valence-electron chi connectivity index (χ2n) is 4.46. The van der Waals surface area contributed by atoms with Crippen LogP contribution in [0.2, 0.25) is 0 Å². The van der Waals surface area contributed by atoms with Crippen molar-refractivity contribution >= 4 is 55.7 Å². The van der Waals surface area contributed by atoms with Crippen LogP contribution in [0.25, 0.3) is 0 Å². The monoisotopic (exact) mass is 440 g/mol. The lowest BCUT2D eigenvalue weighted by atomic mass is 10.2. The molecule has 0 aliphatic heterocycles. The van der Waals surface area contributed by atoms with Gasteiger partial charge in [0, 0.05) is 14.7 Å². The van der Waals surface area contributed by atoms with Gasteiger partial charge in [-0.25, -0.2) is 5.43 Å². The van der Waals surface area contributed by atoms with Gasteiger partial charge < -0.3 is 0 Å². The Hall–Kier alpha value is -1.11. The Morgan fingerprint density at radius 2 is 1.64 bits per heavy atom. The van der Waals surface area contributed by atoms with E-state index in [1.165, 1.54) is 5.56 Å². The number of nitrogens with zero attached hydrogens (tertiary/aromatic N) is 1. The average molecular weight is 442 g/mol. The third-order valence-electron chi connectivity index (χ3n) is 2.69. The van der Waals surface area contributed by atoms with Crippen LogP contribution in [0.5, 0.6) is 0 Å². The van der Waals surface area contributed by atoms with Crippen molar-refractivity contribution < 1.29 is 4.79 Å². The molecular formula is C16H14Br2N2OS. The van der Waals surface area contributed by atoms with Gasteiger partial charge >= 0.3 is 0 Å². The van der Waals surface area contributed by atoms with E-state index >= 15 is 0 Å². The maximum atomic E-state index is 11.7. The molecule has 0 aliphatic rings. The molecule has 2 aromatic rings. The van der Waals surface area contributed by atoms with Crippen LogP contribution in [-0.2, 0) is 10.5 Å². The highest BCUT2D eigenvalue weighted by Gasteiger charge is 2.00. The number of carbonyl (C=O) groups is 1. The zero-order chi connectivity index (χ0) is 15.8. The third-order valence-corrected chi connectivity index (χ3v) is 4.75. The molecule has 0 heterocycles. The molecule has 2 aromatic carbocycles. The van der Waals surface area contributed by atoms with E-state index in [-0.39, 0.29) is 5.91 Å². The third kappa shape index (κ3) is 6.34. The molecule has 114 valence electrons. The minimum atomic E-state index is -0.101. The van der Waals surface area contributed by atoms with Gasteiger partial charge in [0.05, 0.1) is 12.0 Å². The quantitative estimate of drug-likeness (QED) is 0.525. The topological polar surface area (TPSA) is 41.5 Å². The number of benzene rings is 2. The number of hydrogen-bond acceptors (Lipinski definition) is 3. The molecule has 0 unspecified atom stereocenters. The summed E-state index contributed by atoms with van der Waals surface area (Å²) in [6.07, 6.45) is 1.63. The maximum Gasteiger partial charge on any atom is 0.250 e. The highest BCUT2D eigenvalue weighted by atomic mass is 79.9. The first-order valence-electron chi connectivity index (χ1n) is 6.53. The van der Waals surface area contributed by atoms with Crippen LogP contribution in [0.15, 0.2) is 62.6 Å². The number of nitrogens with one attached hydrogen (secondary N) is 1. The predicted molar refractivity (Wildman–Crippen MR) is 100 cm³/mol. The minimum Gasteiger partial charge on any atom is -0.272 e. The molecule has 0 radical (unpaired) electrons. The van der Waals surface area contributed by atoms with E-state index in [1.54, 1.807) is 18.0 Å². The van der Waals surface area contributed by atoms with E-state index in [2.05, 4.69) is 42.4 Å². The molecule has 1 amide bonds. The average Bonchev–Trinajstić information content (AvgIpc) is 2.51. The first-order valence-corrected chi connectivity index (χ1v) is 9.27. The molecule has 0 aliphatic carbocycles. The van der Waals surface area contributed by atoms with Crippen molar-refractivity contribution in [3.05, 3.63) is 68.6 Å². The molecule has 0 bridgehead atoms. The van der Waals surface area contributed by atoms with Crippen LogP contribution in [0.1, 0.15) is 11.1 Å². The molecule has 22 heavy (non-hydrogen) atoms. The SMILES string of the molecule is O=C(CSCc1ccc(Br)cc1)NN=Cc1ccc(Br)cc1. The highest BCUT2D eigenvalue weighted by Crippen LogP contribution is 2.15. The predicted octanol–water partition coefficient (Wildman–Crippen LogP) is 4.60. The molecule has 3 nitrogen and oxygen atoms in total. The zero-order valence-corrected chi connectivity index (χ0v) is 15.6. The van der Waals surface area contributed by atoms with E-state index in [1.807, 2.05) is 48.5 Å². The molecule has 0 spiro atoms. The van der Waals surface area contributed by atoms with Gasteiger partial charge in [-0.1, -0.05) is 56.1 Å². The Labute approximate surface area is 150 Å². The number of amides is 1. The van der Waals surface area contributed by atoms with E-state index in [0.29, 0.717) is 5.75 Å². The van der Waals surface area contributed by atoms with Gasteiger partial charge in [-0.3, -0.25) is 4.79 Å². The van der Waals surface area contributed by atoms with Gasteiger partial charge in [0.25, 0.3) is 0 Å². The normalized spacial score (nSPS) is 10.8. The summed E-state index contributed by atoms with van der Waals surface area (Å²) in [6.45, 7) is 0. The molecule has 2 rings (SSSR count). The fourth-order valence-electron chi connectivity index (χ4n) is 1.60. The van der Waals surface area contributed by atoms with Crippen LogP contribution in [0, 0.1) is 0 Å². The number of thioether (sulfide) groups is 1. The second kappa shape index (κ2) is 9.12. The molecular weight excluding hydrogens is 428 g/mol. The van der Waals surface area contributed by atoms with Gasteiger partial charge in [0.1, 0.15) is 0 Å². The maximum absolute atomic E-state index is 11.7. The van der Waals surface area contributed by atoms with Gasteiger partial charge in [-0.2, -0.15) is 5.10 Å². The van der Waals surface area contributed by atoms with E-state index in [4.69, 9.17) is 0 Å². The van der Waals surface area contributed by atoms with Crippen LogP contribution >= 0.6 is 43.6 Å². The van der Waals surface area contributed by atoms with Crippen molar-refractivity contribution in [2.24, 2.45) is 5.10 Å². The van der Waals surface area contributed by atoms with Crippen LogP contribution in [-0.4, -0.2) is 17.9 Å². The van der Waals surface area contributed by atoms with Crippen molar-refractivity contribution in [2.75, 3.05) is 5.75 Å². The molecule has 1 N–H and O–H groups in total. The van der Waals surface area contributed by atoms with Gasteiger partial charge in [0.2, 0.25) is 5.91 Å². The van der Waals surface area contributed by atoms with E-state index < -0.39 is 0 Å². The molecule has 0 fully saturated rings. The van der Waals surface area contributed by atoms with Crippen molar-refractivity contribution in [3.63, 3.8) is 0 Å². The Morgan fingerprint density at radius 1 is 1.05 bits per heavy atom. The van der Waals surface area contributed by atoms with E-state index in [9.17, 15) is 4.79 Å². The van der Waals surface area contributed by atoms with Crippen molar-refractivity contribution in [1.82, 2.24) is 5.43 Å². The number of carbonyl (C=O) groups excluding carboxylic acids is 1. The number of hydrogen-bond donors (Lipinski definition) is 1. The van der Waals surface area contributed by atoms with Crippen LogP contribution < -0.4 is 5.43 Å². The molecule has 0 atom stereocenters. The Bertz CT molecular complexity index is 642. The second-order valence-corrected chi connectivity index (χ2v) is 7.28. The van der Waals surface area contributed by atoms with E-state index in [0.717, 1.165) is 20.3 Å². The van der Waals surface area contributed by atoms with Gasteiger partial charge in [0.15, 0.2) is 0 Å². The molecule has 6 heteroatoms.